The summed E-state index contributed by atoms with van der Waals surface area (Å²) in [5.74, 6) is -0.729. The quantitative estimate of drug-likeness (QED) is 0.659. The molecule has 5 nitrogen and oxygen atoms in total. The number of hydrogen-bond donors (Lipinski definition) is 1. The van der Waals surface area contributed by atoms with Crippen molar-refractivity contribution in [1.82, 2.24) is 0 Å². The van der Waals surface area contributed by atoms with E-state index in [4.69, 9.17) is 5.11 Å². The Morgan fingerprint density at radius 2 is 1.94 bits per heavy atom. The summed E-state index contributed by atoms with van der Waals surface area (Å²) in [6.45, 7) is 0. The third-order valence-electron chi connectivity index (χ3n) is 3.63. The van der Waals surface area contributed by atoms with E-state index in [1.165, 1.54) is 6.07 Å². The van der Waals surface area contributed by atoms with Gasteiger partial charge in [-0.05, 0) is 37.2 Å². The lowest BCUT2D eigenvalue weighted by atomic mass is 9.79. The summed E-state index contributed by atoms with van der Waals surface area (Å²) >= 11 is 0. The maximum atomic E-state index is 10.9. The minimum absolute atomic E-state index is 0.104. The van der Waals surface area contributed by atoms with Gasteiger partial charge in [0.05, 0.1) is 10.8 Å². The maximum absolute atomic E-state index is 10.9. The van der Waals surface area contributed by atoms with Gasteiger partial charge in [0.15, 0.2) is 0 Å². The number of non-ortho nitro benzene ring substituents is 1. The van der Waals surface area contributed by atoms with Crippen LogP contribution in [-0.4, -0.2) is 16.0 Å². The molecule has 1 aliphatic rings. The van der Waals surface area contributed by atoms with Crippen LogP contribution in [0.4, 0.5) is 5.69 Å². The van der Waals surface area contributed by atoms with Crippen LogP contribution in [-0.2, 0) is 4.79 Å². The van der Waals surface area contributed by atoms with Gasteiger partial charge < -0.3 is 5.11 Å². The van der Waals surface area contributed by atoms with E-state index < -0.39 is 10.9 Å². The van der Waals surface area contributed by atoms with Crippen molar-refractivity contribution >= 4 is 11.7 Å². The van der Waals surface area contributed by atoms with Gasteiger partial charge in [-0.15, -0.1) is 0 Å². The predicted molar refractivity (Wildman–Crippen MR) is 65.4 cm³/mol. The zero-order valence-electron chi connectivity index (χ0n) is 9.91. The maximum Gasteiger partial charge on any atom is 0.306 e. The molecular formula is C13H15NO4. The van der Waals surface area contributed by atoms with E-state index in [-0.39, 0.29) is 17.5 Å². The van der Waals surface area contributed by atoms with Crippen LogP contribution < -0.4 is 0 Å². The van der Waals surface area contributed by atoms with Gasteiger partial charge in [-0.1, -0.05) is 12.1 Å². The van der Waals surface area contributed by atoms with E-state index in [1.807, 2.05) is 6.07 Å². The summed E-state index contributed by atoms with van der Waals surface area (Å²) in [4.78, 5) is 21.2. The topological polar surface area (TPSA) is 80.4 Å². The third-order valence-corrected chi connectivity index (χ3v) is 3.63. The van der Waals surface area contributed by atoms with Gasteiger partial charge in [0.25, 0.3) is 5.69 Å². The van der Waals surface area contributed by atoms with Gasteiger partial charge in [0.2, 0.25) is 0 Å². The first kappa shape index (κ1) is 12.5. The highest BCUT2D eigenvalue weighted by Crippen LogP contribution is 2.36. The predicted octanol–water partition coefficient (Wildman–Crippen LogP) is 2.95. The number of rotatable bonds is 3. The fourth-order valence-corrected chi connectivity index (χ4v) is 2.57. The Morgan fingerprint density at radius 3 is 2.50 bits per heavy atom. The molecule has 0 bridgehead atoms. The summed E-state index contributed by atoms with van der Waals surface area (Å²) in [6.07, 6.45) is 2.89. The monoisotopic (exact) mass is 249 g/mol. The third kappa shape index (κ3) is 2.67. The van der Waals surface area contributed by atoms with Crippen LogP contribution in [0.2, 0.25) is 0 Å². The molecule has 0 unspecified atom stereocenters. The van der Waals surface area contributed by atoms with Crippen molar-refractivity contribution in [3.05, 3.63) is 39.9 Å². The van der Waals surface area contributed by atoms with Gasteiger partial charge >= 0.3 is 5.97 Å². The number of nitro groups is 1. The van der Waals surface area contributed by atoms with E-state index in [0.717, 1.165) is 18.4 Å². The van der Waals surface area contributed by atoms with E-state index in [1.54, 1.807) is 12.1 Å². The van der Waals surface area contributed by atoms with Crippen molar-refractivity contribution in [1.29, 1.82) is 0 Å². The number of nitrogens with zero attached hydrogens (tertiary/aromatic N) is 1. The van der Waals surface area contributed by atoms with Crippen molar-refractivity contribution in [3.8, 4) is 0 Å². The second-order valence-electron chi connectivity index (χ2n) is 4.74. The first-order chi connectivity index (χ1) is 8.58. The number of carboxylic acid groups (broad SMARTS) is 1. The van der Waals surface area contributed by atoms with Crippen LogP contribution in [0.5, 0.6) is 0 Å². The second kappa shape index (κ2) is 5.16. The molecule has 0 aliphatic heterocycles. The van der Waals surface area contributed by atoms with Crippen molar-refractivity contribution in [3.63, 3.8) is 0 Å². The summed E-state index contributed by atoms with van der Waals surface area (Å²) in [5.41, 5.74) is 1.06. The molecule has 0 aromatic heterocycles. The Labute approximate surface area is 105 Å². The molecule has 1 fully saturated rings. The molecule has 0 radical (unpaired) electrons. The van der Waals surface area contributed by atoms with Crippen LogP contribution in [0.25, 0.3) is 0 Å². The van der Waals surface area contributed by atoms with Crippen molar-refractivity contribution < 1.29 is 14.8 Å². The van der Waals surface area contributed by atoms with E-state index in [2.05, 4.69) is 0 Å². The number of carbonyl (C=O) groups is 1. The molecule has 1 saturated carbocycles. The second-order valence-corrected chi connectivity index (χ2v) is 4.74. The molecular weight excluding hydrogens is 234 g/mol. The van der Waals surface area contributed by atoms with Gasteiger partial charge in [0, 0.05) is 12.1 Å². The number of nitro benzene ring substituents is 1. The number of hydrogen-bond acceptors (Lipinski definition) is 3. The summed E-state index contributed by atoms with van der Waals surface area (Å²) in [5, 5.41) is 19.6. The number of aliphatic carboxylic acids is 1. The molecule has 1 N–H and O–H groups in total. The Balaban J connectivity index is 2.07. The molecule has 1 aromatic rings. The molecule has 0 heterocycles. The first-order valence-electron chi connectivity index (χ1n) is 6.05. The molecule has 5 heteroatoms. The van der Waals surface area contributed by atoms with E-state index >= 15 is 0 Å². The first-order valence-corrected chi connectivity index (χ1v) is 6.05. The molecule has 2 rings (SSSR count). The highest BCUT2D eigenvalue weighted by Gasteiger charge is 2.27. The SMILES string of the molecule is O=C(O)C1CCC(c2cccc([N+](=O)[O-])c2)CC1. The largest absolute Gasteiger partial charge is 0.481 e. The highest BCUT2D eigenvalue weighted by atomic mass is 16.6. The summed E-state index contributed by atoms with van der Waals surface area (Å²) in [6, 6.07) is 6.66. The van der Waals surface area contributed by atoms with Gasteiger partial charge in [0.1, 0.15) is 0 Å². The molecule has 96 valence electrons. The molecule has 0 saturated heterocycles. The molecule has 18 heavy (non-hydrogen) atoms. The van der Waals surface area contributed by atoms with Crippen LogP contribution in [0, 0.1) is 16.0 Å². The standard InChI is InChI=1S/C13H15NO4/c15-13(16)10-6-4-9(5-7-10)11-2-1-3-12(8-11)14(17)18/h1-3,8-10H,4-7H2,(H,15,16). The molecule has 1 aliphatic carbocycles. The van der Waals surface area contributed by atoms with E-state index in [9.17, 15) is 14.9 Å². The van der Waals surface area contributed by atoms with Crippen molar-refractivity contribution in [2.75, 3.05) is 0 Å². The smallest absolute Gasteiger partial charge is 0.306 e. The lowest BCUT2D eigenvalue weighted by Crippen LogP contribution is -2.20. The van der Waals surface area contributed by atoms with Gasteiger partial charge in [-0.3, -0.25) is 14.9 Å². The fourth-order valence-electron chi connectivity index (χ4n) is 2.57. The van der Waals surface area contributed by atoms with E-state index in [0.29, 0.717) is 12.8 Å². The average Bonchev–Trinajstić information content (AvgIpc) is 2.39. The Morgan fingerprint density at radius 1 is 1.28 bits per heavy atom. The summed E-state index contributed by atoms with van der Waals surface area (Å²) in [7, 11) is 0. The zero-order chi connectivity index (χ0) is 13.1. The lowest BCUT2D eigenvalue weighted by Gasteiger charge is -2.26. The number of benzene rings is 1. The zero-order valence-corrected chi connectivity index (χ0v) is 9.91. The minimum Gasteiger partial charge on any atom is -0.481 e. The molecule has 0 amide bonds. The van der Waals surface area contributed by atoms with Crippen molar-refractivity contribution in [2.45, 2.75) is 31.6 Å². The lowest BCUT2D eigenvalue weighted by molar-refractivity contribution is -0.384. The molecule has 0 spiro atoms. The van der Waals surface area contributed by atoms with Crippen molar-refractivity contribution in [2.24, 2.45) is 5.92 Å². The van der Waals surface area contributed by atoms with Crippen LogP contribution in [0.15, 0.2) is 24.3 Å². The minimum atomic E-state index is -0.729. The van der Waals surface area contributed by atoms with Crippen LogP contribution >= 0.6 is 0 Å². The highest BCUT2D eigenvalue weighted by molar-refractivity contribution is 5.70. The fraction of sp³-hybridized carbons (Fsp3) is 0.462. The van der Waals surface area contributed by atoms with Crippen LogP contribution in [0.1, 0.15) is 37.2 Å². The molecule has 1 aromatic carbocycles. The normalized spacial score (nSPS) is 23.6. The summed E-state index contributed by atoms with van der Waals surface area (Å²) < 4.78 is 0. The van der Waals surface area contributed by atoms with Gasteiger partial charge in [-0.25, -0.2) is 0 Å². The van der Waals surface area contributed by atoms with Crippen LogP contribution in [0.3, 0.4) is 0 Å². The molecule has 0 atom stereocenters. The number of carboxylic acids is 1. The Kier molecular flexibility index (Phi) is 3.60. The Bertz CT molecular complexity index is 464. The average molecular weight is 249 g/mol. The Hall–Kier alpha value is -1.91. The van der Waals surface area contributed by atoms with Gasteiger partial charge in [-0.2, -0.15) is 0 Å².